The average molecular weight is 405 g/mol. The fraction of sp³-hybridized carbons (Fsp3) is 0.0526. The van der Waals surface area contributed by atoms with Gasteiger partial charge in [0, 0.05) is 24.5 Å². The predicted molar refractivity (Wildman–Crippen MR) is 102 cm³/mol. The largest absolute Gasteiger partial charge is 0.350 e. The van der Waals surface area contributed by atoms with Gasteiger partial charge in [-0.15, -0.1) is 0 Å². The molecule has 126 valence electrons. The maximum atomic E-state index is 9.74. The molecule has 6 nitrogen and oxygen atoms in total. The summed E-state index contributed by atoms with van der Waals surface area (Å²) in [6, 6.07) is 15.8. The second kappa shape index (κ2) is 6.94. The van der Waals surface area contributed by atoms with Gasteiger partial charge < -0.3 is 5.32 Å². The number of nitrogens with zero attached hydrogens (tertiary/aromatic N) is 5. The van der Waals surface area contributed by atoms with E-state index in [0.29, 0.717) is 29.3 Å². The number of benzene rings is 1. The van der Waals surface area contributed by atoms with E-state index >= 15 is 0 Å². The van der Waals surface area contributed by atoms with E-state index in [4.69, 9.17) is 4.98 Å². The third-order valence-corrected chi connectivity index (χ3v) is 4.53. The molecule has 0 saturated carbocycles. The van der Waals surface area contributed by atoms with Crippen LogP contribution in [0, 0.1) is 11.3 Å². The topological polar surface area (TPSA) is 78.9 Å². The highest BCUT2D eigenvalue weighted by molar-refractivity contribution is 9.10. The van der Waals surface area contributed by atoms with Crippen molar-refractivity contribution in [3.8, 4) is 17.3 Å². The van der Waals surface area contributed by atoms with E-state index in [1.807, 2.05) is 42.5 Å². The van der Waals surface area contributed by atoms with Gasteiger partial charge in [0.15, 0.2) is 0 Å². The van der Waals surface area contributed by atoms with Crippen molar-refractivity contribution >= 4 is 27.4 Å². The Balaban J connectivity index is 1.86. The zero-order valence-electron chi connectivity index (χ0n) is 13.6. The van der Waals surface area contributed by atoms with Crippen LogP contribution < -0.4 is 5.32 Å². The molecule has 4 aromatic rings. The lowest BCUT2D eigenvalue weighted by atomic mass is 10.1. The number of nitriles is 1. The molecule has 4 rings (SSSR count). The van der Waals surface area contributed by atoms with Crippen LogP contribution in [0.25, 0.3) is 16.8 Å². The number of anilines is 1. The first-order chi connectivity index (χ1) is 12.8. The summed E-state index contributed by atoms with van der Waals surface area (Å²) in [6.45, 7) is 0.549. The van der Waals surface area contributed by atoms with Crippen LogP contribution in [0.3, 0.4) is 0 Å². The van der Waals surface area contributed by atoms with Crippen LogP contribution in [0.15, 0.2) is 65.5 Å². The standard InChI is InChI=1S/C19H13BrN6/c20-16-12-24-26-18(16)15(9-21)17(14-6-2-1-3-7-14)25-19(26)23-11-13-5-4-8-22-10-13/h1-8,10,12H,11H2,(H,23,25). The third-order valence-electron chi connectivity index (χ3n) is 3.95. The number of aromatic nitrogens is 4. The van der Waals surface area contributed by atoms with Gasteiger partial charge in [0.25, 0.3) is 0 Å². The molecule has 0 aliphatic heterocycles. The Kier molecular flexibility index (Phi) is 4.33. The summed E-state index contributed by atoms with van der Waals surface area (Å²) in [5.74, 6) is 0.562. The Morgan fingerprint density at radius 3 is 2.69 bits per heavy atom. The van der Waals surface area contributed by atoms with Crippen molar-refractivity contribution in [3.05, 3.63) is 76.7 Å². The summed E-state index contributed by atoms with van der Waals surface area (Å²) in [6.07, 6.45) is 5.20. The number of rotatable bonds is 4. The minimum absolute atomic E-state index is 0.479. The van der Waals surface area contributed by atoms with Gasteiger partial charge in [-0.1, -0.05) is 36.4 Å². The van der Waals surface area contributed by atoms with Crippen LogP contribution in [0.1, 0.15) is 11.1 Å². The monoisotopic (exact) mass is 404 g/mol. The summed E-state index contributed by atoms with van der Waals surface area (Å²) in [5, 5.41) is 17.4. The van der Waals surface area contributed by atoms with Gasteiger partial charge >= 0.3 is 0 Å². The molecular formula is C19H13BrN6. The van der Waals surface area contributed by atoms with Crippen molar-refractivity contribution in [3.63, 3.8) is 0 Å². The number of pyridine rings is 1. The van der Waals surface area contributed by atoms with E-state index in [0.717, 1.165) is 15.6 Å². The molecule has 0 aliphatic carbocycles. The maximum Gasteiger partial charge on any atom is 0.225 e. The van der Waals surface area contributed by atoms with Crippen LogP contribution in [-0.2, 0) is 6.54 Å². The molecule has 0 saturated heterocycles. The van der Waals surface area contributed by atoms with Crippen LogP contribution in [-0.4, -0.2) is 19.6 Å². The number of fused-ring (bicyclic) bond motifs is 1. The van der Waals surface area contributed by atoms with Crippen LogP contribution in [0.5, 0.6) is 0 Å². The lowest BCUT2D eigenvalue weighted by molar-refractivity contribution is 0.904. The Labute approximate surface area is 158 Å². The summed E-state index contributed by atoms with van der Waals surface area (Å²) >= 11 is 3.50. The minimum Gasteiger partial charge on any atom is -0.350 e. The van der Waals surface area contributed by atoms with Gasteiger partial charge in [0.1, 0.15) is 17.1 Å². The Hall–Kier alpha value is -3.24. The van der Waals surface area contributed by atoms with Gasteiger partial charge in [-0.05, 0) is 27.6 Å². The van der Waals surface area contributed by atoms with Crippen molar-refractivity contribution in [2.75, 3.05) is 5.32 Å². The lowest BCUT2D eigenvalue weighted by Crippen LogP contribution is -2.10. The summed E-state index contributed by atoms with van der Waals surface area (Å²) in [4.78, 5) is 8.82. The van der Waals surface area contributed by atoms with Crippen molar-refractivity contribution in [2.24, 2.45) is 0 Å². The summed E-state index contributed by atoms with van der Waals surface area (Å²) in [7, 11) is 0. The van der Waals surface area contributed by atoms with Crippen molar-refractivity contribution in [2.45, 2.75) is 6.54 Å². The molecule has 1 N–H and O–H groups in total. The average Bonchev–Trinajstić information content (AvgIpc) is 3.09. The highest BCUT2D eigenvalue weighted by Crippen LogP contribution is 2.31. The van der Waals surface area contributed by atoms with Crippen molar-refractivity contribution < 1.29 is 0 Å². The number of nitrogens with one attached hydrogen (secondary N) is 1. The highest BCUT2D eigenvalue weighted by Gasteiger charge is 2.18. The van der Waals surface area contributed by atoms with E-state index < -0.39 is 0 Å². The van der Waals surface area contributed by atoms with Gasteiger partial charge in [-0.2, -0.15) is 14.9 Å². The van der Waals surface area contributed by atoms with Crippen molar-refractivity contribution in [1.29, 1.82) is 5.26 Å². The molecule has 0 spiro atoms. The molecule has 0 fully saturated rings. The van der Waals surface area contributed by atoms with Gasteiger partial charge in [0.2, 0.25) is 5.95 Å². The maximum absolute atomic E-state index is 9.74. The number of hydrogen-bond acceptors (Lipinski definition) is 5. The lowest BCUT2D eigenvalue weighted by Gasteiger charge is -2.12. The quantitative estimate of drug-likeness (QED) is 0.555. The number of hydrogen-bond donors (Lipinski definition) is 1. The van der Waals surface area contributed by atoms with Crippen LogP contribution >= 0.6 is 15.9 Å². The Morgan fingerprint density at radius 1 is 1.12 bits per heavy atom. The molecule has 0 bridgehead atoms. The second-order valence-electron chi connectivity index (χ2n) is 5.60. The fourth-order valence-corrected chi connectivity index (χ4v) is 3.20. The molecule has 7 heteroatoms. The highest BCUT2D eigenvalue weighted by atomic mass is 79.9. The van der Waals surface area contributed by atoms with Crippen LogP contribution in [0.4, 0.5) is 5.95 Å². The molecular weight excluding hydrogens is 392 g/mol. The molecule has 0 radical (unpaired) electrons. The first kappa shape index (κ1) is 16.2. The zero-order valence-corrected chi connectivity index (χ0v) is 15.2. The minimum atomic E-state index is 0.479. The molecule has 3 heterocycles. The SMILES string of the molecule is N#Cc1c(-c2ccccc2)nc(NCc2cccnc2)n2ncc(Br)c12. The second-order valence-corrected chi connectivity index (χ2v) is 6.46. The molecule has 1 aromatic carbocycles. The normalized spacial score (nSPS) is 10.6. The summed E-state index contributed by atoms with van der Waals surface area (Å²) in [5.41, 5.74) is 3.70. The van der Waals surface area contributed by atoms with Gasteiger partial charge in [-0.3, -0.25) is 4.98 Å². The van der Waals surface area contributed by atoms with E-state index in [-0.39, 0.29) is 0 Å². The van der Waals surface area contributed by atoms with Crippen LogP contribution in [0.2, 0.25) is 0 Å². The Bertz CT molecular complexity index is 1100. The smallest absolute Gasteiger partial charge is 0.225 e. The summed E-state index contributed by atoms with van der Waals surface area (Å²) < 4.78 is 2.39. The molecule has 0 aliphatic rings. The van der Waals surface area contributed by atoms with E-state index in [1.165, 1.54) is 0 Å². The van der Waals surface area contributed by atoms with Crippen molar-refractivity contribution in [1.82, 2.24) is 19.6 Å². The zero-order chi connectivity index (χ0) is 17.9. The molecule has 0 amide bonds. The first-order valence-electron chi connectivity index (χ1n) is 7.93. The predicted octanol–water partition coefficient (Wildman–Crippen LogP) is 4.04. The number of halogens is 1. The molecule has 0 atom stereocenters. The molecule has 0 unspecified atom stereocenters. The van der Waals surface area contributed by atoms with Gasteiger partial charge in [0.05, 0.1) is 16.4 Å². The molecule has 3 aromatic heterocycles. The third kappa shape index (κ3) is 2.91. The molecule has 26 heavy (non-hydrogen) atoms. The van der Waals surface area contributed by atoms with E-state index in [9.17, 15) is 5.26 Å². The van der Waals surface area contributed by atoms with E-state index in [2.05, 4.69) is 37.4 Å². The fourth-order valence-electron chi connectivity index (χ4n) is 2.74. The van der Waals surface area contributed by atoms with Gasteiger partial charge in [-0.25, -0.2) is 4.98 Å². The van der Waals surface area contributed by atoms with E-state index in [1.54, 1.807) is 23.1 Å². The first-order valence-corrected chi connectivity index (χ1v) is 8.73. The Morgan fingerprint density at radius 2 is 1.96 bits per heavy atom.